The fraction of sp³-hybridized carbons (Fsp3) is 0.286. The SMILES string of the molecule is Cc1nc(-c2ccc(OCC(=O)N3CCN(S(=O)(=O)c4ccc(F)c(Cl)c4)CC3)cc2)no1. The van der Waals surface area contributed by atoms with Crippen LogP contribution in [0.15, 0.2) is 51.9 Å². The van der Waals surface area contributed by atoms with Gasteiger partial charge in [0.05, 0.1) is 9.92 Å². The Labute approximate surface area is 194 Å². The molecule has 4 rings (SSSR count). The molecule has 1 amide bonds. The molecule has 2 aromatic carbocycles. The molecule has 174 valence electrons. The normalized spacial score (nSPS) is 14.9. The van der Waals surface area contributed by atoms with Gasteiger partial charge in [0.15, 0.2) is 6.61 Å². The van der Waals surface area contributed by atoms with Gasteiger partial charge >= 0.3 is 0 Å². The van der Waals surface area contributed by atoms with Crippen LogP contribution in [0.5, 0.6) is 5.75 Å². The van der Waals surface area contributed by atoms with Crippen molar-refractivity contribution in [1.29, 1.82) is 0 Å². The summed E-state index contributed by atoms with van der Waals surface area (Å²) in [5.74, 6) is 0.484. The van der Waals surface area contributed by atoms with Gasteiger partial charge < -0.3 is 14.2 Å². The highest BCUT2D eigenvalue weighted by molar-refractivity contribution is 7.89. The maximum atomic E-state index is 13.4. The molecule has 0 unspecified atom stereocenters. The molecule has 0 radical (unpaired) electrons. The molecule has 33 heavy (non-hydrogen) atoms. The summed E-state index contributed by atoms with van der Waals surface area (Å²) < 4.78 is 50.7. The number of benzene rings is 2. The van der Waals surface area contributed by atoms with Crippen molar-refractivity contribution in [3.05, 3.63) is 59.2 Å². The summed E-state index contributed by atoms with van der Waals surface area (Å²) in [6.45, 7) is 2.18. The first-order valence-corrected chi connectivity index (χ1v) is 11.8. The molecule has 0 N–H and O–H groups in total. The third-order valence-electron chi connectivity index (χ3n) is 5.12. The molecule has 9 nitrogen and oxygen atoms in total. The molecule has 1 aromatic heterocycles. The molecule has 0 spiro atoms. The molecule has 12 heteroatoms. The minimum absolute atomic E-state index is 0.0866. The highest BCUT2D eigenvalue weighted by Crippen LogP contribution is 2.23. The zero-order chi connectivity index (χ0) is 23.6. The number of amides is 1. The first-order chi connectivity index (χ1) is 15.7. The Bertz CT molecular complexity index is 1260. The lowest BCUT2D eigenvalue weighted by Crippen LogP contribution is -2.51. The molecule has 0 bridgehead atoms. The molecule has 0 atom stereocenters. The van der Waals surface area contributed by atoms with Crippen molar-refractivity contribution in [2.24, 2.45) is 0 Å². The van der Waals surface area contributed by atoms with Crippen LogP contribution < -0.4 is 4.74 Å². The van der Waals surface area contributed by atoms with E-state index >= 15 is 0 Å². The number of carbonyl (C=O) groups excluding carboxylic acids is 1. The zero-order valence-electron chi connectivity index (χ0n) is 17.6. The standard InChI is InChI=1S/C21H20ClFN4O5S/c1-14-24-21(25-32-14)15-2-4-16(5-3-15)31-13-20(28)26-8-10-27(11-9-26)33(29,30)17-6-7-19(23)18(22)12-17/h2-7,12H,8-11,13H2,1H3. The smallest absolute Gasteiger partial charge is 0.260 e. The number of hydrogen-bond acceptors (Lipinski definition) is 7. The number of carbonyl (C=O) groups is 1. The van der Waals surface area contributed by atoms with Crippen molar-refractivity contribution in [3.8, 4) is 17.1 Å². The third-order valence-corrected chi connectivity index (χ3v) is 7.31. The molecule has 2 heterocycles. The van der Waals surface area contributed by atoms with E-state index in [4.69, 9.17) is 20.9 Å². The average molecular weight is 495 g/mol. The van der Waals surface area contributed by atoms with E-state index < -0.39 is 15.8 Å². The number of nitrogens with zero attached hydrogens (tertiary/aromatic N) is 4. The van der Waals surface area contributed by atoms with Gasteiger partial charge in [-0.3, -0.25) is 4.79 Å². The molecule has 1 aliphatic rings. The Morgan fingerprint density at radius 2 is 1.85 bits per heavy atom. The molecular formula is C21H20ClFN4O5S. The summed E-state index contributed by atoms with van der Waals surface area (Å²) in [5.41, 5.74) is 0.755. The number of ether oxygens (including phenoxy) is 1. The quantitative estimate of drug-likeness (QED) is 0.518. The highest BCUT2D eigenvalue weighted by atomic mass is 35.5. The third kappa shape index (κ3) is 5.15. The first-order valence-electron chi connectivity index (χ1n) is 10.0. The largest absolute Gasteiger partial charge is 0.484 e. The minimum Gasteiger partial charge on any atom is -0.484 e. The zero-order valence-corrected chi connectivity index (χ0v) is 19.1. The lowest BCUT2D eigenvalue weighted by molar-refractivity contribution is -0.134. The number of aryl methyl sites for hydroxylation is 1. The summed E-state index contributed by atoms with van der Waals surface area (Å²) in [7, 11) is -3.84. The van der Waals surface area contributed by atoms with Gasteiger partial charge in [0.1, 0.15) is 11.6 Å². The van der Waals surface area contributed by atoms with E-state index in [2.05, 4.69) is 10.1 Å². The topological polar surface area (TPSA) is 106 Å². The Morgan fingerprint density at radius 3 is 2.45 bits per heavy atom. The van der Waals surface area contributed by atoms with Crippen molar-refractivity contribution in [3.63, 3.8) is 0 Å². The van der Waals surface area contributed by atoms with Gasteiger partial charge in [-0.15, -0.1) is 0 Å². The van der Waals surface area contributed by atoms with Crippen LogP contribution in [0, 0.1) is 12.7 Å². The number of rotatable bonds is 6. The predicted molar refractivity (Wildman–Crippen MR) is 117 cm³/mol. The minimum atomic E-state index is -3.84. The Balaban J connectivity index is 1.30. The van der Waals surface area contributed by atoms with E-state index in [-0.39, 0.29) is 48.6 Å². The van der Waals surface area contributed by atoms with Crippen LogP contribution in [0.3, 0.4) is 0 Å². The van der Waals surface area contributed by atoms with Crippen LogP contribution in [0.25, 0.3) is 11.4 Å². The van der Waals surface area contributed by atoms with Gasteiger partial charge in [-0.2, -0.15) is 9.29 Å². The van der Waals surface area contributed by atoms with Crippen LogP contribution in [0.1, 0.15) is 5.89 Å². The van der Waals surface area contributed by atoms with Crippen molar-refractivity contribution in [1.82, 2.24) is 19.3 Å². The lowest BCUT2D eigenvalue weighted by atomic mass is 10.2. The number of halogens is 2. The summed E-state index contributed by atoms with van der Waals surface area (Å²) >= 11 is 5.71. The molecule has 1 saturated heterocycles. The van der Waals surface area contributed by atoms with Gasteiger partial charge in [0.25, 0.3) is 5.91 Å². The summed E-state index contributed by atoms with van der Waals surface area (Å²) in [5, 5.41) is 3.58. The second-order valence-corrected chi connectivity index (χ2v) is 9.66. The second kappa shape index (κ2) is 9.46. The van der Waals surface area contributed by atoms with Crippen LogP contribution in [-0.2, 0) is 14.8 Å². The predicted octanol–water partition coefficient (Wildman–Crippen LogP) is 2.75. The number of aromatic nitrogens is 2. The van der Waals surface area contributed by atoms with Crippen LogP contribution in [0.4, 0.5) is 4.39 Å². The monoisotopic (exact) mass is 494 g/mol. The van der Waals surface area contributed by atoms with Gasteiger partial charge in [0, 0.05) is 38.7 Å². The van der Waals surface area contributed by atoms with E-state index in [1.807, 2.05) is 0 Å². The molecule has 3 aromatic rings. The van der Waals surface area contributed by atoms with Gasteiger partial charge in [-0.25, -0.2) is 12.8 Å². The van der Waals surface area contributed by atoms with E-state index in [1.54, 1.807) is 36.1 Å². The van der Waals surface area contributed by atoms with Gasteiger partial charge in [0.2, 0.25) is 21.7 Å². The molecule has 0 aliphatic carbocycles. The van der Waals surface area contributed by atoms with Gasteiger partial charge in [-0.05, 0) is 42.5 Å². The van der Waals surface area contributed by atoms with E-state index in [0.29, 0.717) is 17.5 Å². The highest BCUT2D eigenvalue weighted by Gasteiger charge is 2.30. The van der Waals surface area contributed by atoms with Crippen molar-refractivity contribution >= 4 is 27.5 Å². The van der Waals surface area contributed by atoms with E-state index in [0.717, 1.165) is 17.7 Å². The van der Waals surface area contributed by atoms with Crippen LogP contribution in [0.2, 0.25) is 5.02 Å². The van der Waals surface area contributed by atoms with Crippen LogP contribution in [-0.4, -0.2) is 66.5 Å². The van der Waals surface area contributed by atoms with E-state index in [1.165, 1.54) is 10.4 Å². The molecular weight excluding hydrogens is 475 g/mol. The Kier molecular flexibility index (Phi) is 6.63. The average Bonchev–Trinajstić information content (AvgIpc) is 3.26. The first kappa shape index (κ1) is 23.1. The van der Waals surface area contributed by atoms with Crippen molar-refractivity contribution < 1.29 is 26.9 Å². The molecule has 1 fully saturated rings. The van der Waals surface area contributed by atoms with Gasteiger partial charge in [-0.1, -0.05) is 16.8 Å². The maximum absolute atomic E-state index is 13.4. The fourth-order valence-corrected chi connectivity index (χ4v) is 5.01. The maximum Gasteiger partial charge on any atom is 0.260 e. The summed E-state index contributed by atoms with van der Waals surface area (Å²) in [6, 6.07) is 10.2. The Morgan fingerprint density at radius 1 is 1.15 bits per heavy atom. The summed E-state index contributed by atoms with van der Waals surface area (Å²) in [4.78, 5) is 18.1. The molecule has 1 aliphatic heterocycles. The second-order valence-electron chi connectivity index (χ2n) is 7.31. The summed E-state index contributed by atoms with van der Waals surface area (Å²) in [6.07, 6.45) is 0. The number of hydrogen-bond donors (Lipinski definition) is 0. The van der Waals surface area contributed by atoms with E-state index in [9.17, 15) is 17.6 Å². The fourth-order valence-electron chi connectivity index (χ4n) is 3.32. The van der Waals surface area contributed by atoms with Crippen molar-refractivity contribution in [2.45, 2.75) is 11.8 Å². The van der Waals surface area contributed by atoms with Crippen molar-refractivity contribution in [2.75, 3.05) is 32.8 Å². The molecule has 0 saturated carbocycles. The number of piperazine rings is 1. The Hall–Kier alpha value is -3.02. The lowest BCUT2D eigenvalue weighted by Gasteiger charge is -2.34. The number of sulfonamides is 1. The van der Waals surface area contributed by atoms with Crippen LogP contribution >= 0.6 is 11.6 Å².